The Morgan fingerprint density at radius 2 is 2.22 bits per heavy atom. The number of carbonyl (C=O) groups is 1. The Labute approximate surface area is 104 Å². The normalized spacial score (nSPS) is 10.3. The van der Waals surface area contributed by atoms with Gasteiger partial charge in [-0.1, -0.05) is 18.2 Å². The molecule has 0 saturated heterocycles. The summed E-state index contributed by atoms with van der Waals surface area (Å²) in [5.74, 6) is -0.195. The summed E-state index contributed by atoms with van der Waals surface area (Å²) in [7, 11) is 0. The monoisotopic (exact) mass is 246 g/mol. The molecule has 6 nitrogen and oxygen atoms in total. The van der Waals surface area contributed by atoms with E-state index in [9.17, 15) is 4.79 Å². The van der Waals surface area contributed by atoms with Gasteiger partial charge in [-0.3, -0.25) is 4.79 Å². The lowest BCUT2D eigenvalue weighted by molar-refractivity contribution is 0.0943. The van der Waals surface area contributed by atoms with Crippen LogP contribution in [0.5, 0.6) is 0 Å². The molecule has 0 radical (unpaired) electrons. The fraction of sp³-hybridized carbons (Fsp3) is 0.250. The molecule has 18 heavy (non-hydrogen) atoms. The van der Waals surface area contributed by atoms with Crippen molar-refractivity contribution in [2.45, 2.75) is 6.54 Å². The van der Waals surface area contributed by atoms with Crippen LogP contribution < -0.4 is 5.32 Å². The molecule has 1 aromatic heterocycles. The number of aliphatic hydroxyl groups is 1. The third kappa shape index (κ3) is 2.92. The number of aliphatic hydroxyl groups excluding tert-OH is 1. The number of nitrogens with one attached hydrogen (secondary N) is 1. The lowest BCUT2D eigenvalue weighted by atomic mass is 10.1. The Morgan fingerprint density at radius 3 is 2.94 bits per heavy atom. The largest absolute Gasteiger partial charge is 0.395 e. The van der Waals surface area contributed by atoms with Crippen molar-refractivity contribution in [3.63, 3.8) is 0 Å². The fourth-order valence-electron chi connectivity index (χ4n) is 1.63. The van der Waals surface area contributed by atoms with E-state index < -0.39 is 0 Å². The van der Waals surface area contributed by atoms with Crippen molar-refractivity contribution in [2.75, 3.05) is 13.2 Å². The van der Waals surface area contributed by atoms with Crippen LogP contribution in [0, 0.1) is 0 Å². The second-order valence-corrected chi connectivity index (χ2v) is 3.73. The van der Waals surface area contributed by atoms with Crippen LogP contribution in [0.2, 0.25) is 0 Å². The van der Waals surface area contributed by atoms with Gasteiger partial charge >= 0.3 is 0 Å². The van der Waals surface area contributed by atoms with Crippen LogP contribution in [0.1, 0.15) is 15.9 Å². The van der Waals surface area contributed by atoms with Crippen molar-refractivity contribution < 1.29 is 9.90 Å². The van der Waals surface area contributed by atoms with Gasteiger partial charge in [0.1, 0.15) is 12.7 Å². The van der Waals surface area contributed by atoms with Gasteiger partial charge in [0, 0.05) is 12.1 Å². The second kappa shape index (κ2) is 5.92. The molecule has 94 valence electrons. The van der Waals surface area contributed by atoms with Gasteiger partial charge < -0.3 is 10.4 Å². The van der Waals surface area contributed by atoms with Crippen LogP contribution >= 0.6 is 0 Å². The van der Waals surface area contributed by atoms with Crippen LogP contribution in [0.15, 0.2) is 36.9 Å². The van der Waals surface area contributed by atoms with Gasteiger partial charge in [-0.25, -0.2) is 9.67 Å². The van der Waals surface area contributed by atoms with E-state index in [-0.39, 0.29) is 19.1 Å². The van der Waals surface area contributed by atoms with Gasteiger partial charge in [0.25, 0.3) is 5.91 Å². The highest BCUT2D eigenvalue weighted by Gasteiger charge is 2.10. The van der Waals surface area contributed by atoms with Gasteiger partial charge in [-0.15, -0.1) is 0 Å². The Morgan fingerprint density at radius 1 is 1.39 bits per heavy atom. The Balaban J connectivity index is 2.17. The predicted octanol–water partition coefficient (Wildman–Crippen LogP) is 0.0485. The summed E-state index contributed by atoms with van der Waals surface area (Å²) in [6, 6.07) is 7.29. The maximum Gasteiger partial charge on any atom is 0.251 e. The van der Waals surface area contributed by atoms with E-state index >= 15 is 0 Å². The lowest BCUT2D eigenvalue weighted by Crippen LogP contribution is -2.27. The fourth-order valence-corrected chi connectivity index (χ4v) is 1.63. The molecular weight excluding hydrogens is 232 g/mol. The van der Waals surface area contributed by atoms with Crippen molar-refractivity contribution >= 4 is 5.91 Å². The van der Waals surface area contributed by atoms with E-state index in [1.54, 1.807) is 23.1 Å². The van der Waals surface area contributed by atoms with Gasteiger partial charge in [0.15, 0.2) is 0 Å². The average molecular weight is 246 g/mol. The molecule has 0 spiro atoms. The van der Waals surface area contributed by atoms with Crippen molar-refractivity contribution in [3.8, 4) is 0 Å². The first kappa shape index (κ1) is 12.3. The van der Waals surface area contributed by atoms with Crippen LogP contribution in [-0.2, 0) is 6.54 Å². The topological polar surface area (TPSA) is 80.0 Å². The smallest absolute Gasteiger partial charge is 0.251 e. The van der Waals surface area contributed by atoms with Gasteiger partial charge in [-0.2, -0.15) is 5.10 Å². The number of rotatable bonds is 5. The summed E-state index contributed by atoms with van der Waals surface area (Å²) < 4.78 is 1.65. The number of carbonyl (C=O) groups excluding carboxylic acids is 1. The molecule has 1 amide bonds. The Hall–Kier alpha value is -2.21. The molecule has 0 aliphatic carbocycles. The molecule has 1 heterocycles. The van der Waals surface area contributed by atoms with Crippen molar-refractivity contribution in [2.24, 2.45) is 0 Å². The SMILES string of the molecule is O=C(NCCO)c1ccccc1Cn1cncn1. The first-order valence-electron chi connectivity index (χ1n) is 5.60. The number of hydrogen-bond donors (Lipinski definition) is 2. The summed E-state index contributed by atoms with van der Waals surface area (Å²) in [5.41, 5.74) is 1.44. The van der Waals surface area contributed by atoms with E-state index in [1.807, 2.05) is 12.1 Å². The van der Waals surface area contributed by atoms with Crippen molar-refractivity contribution in [1.29, 1.82) is 0 Å². The maximum atomic E-state index is 11.9. The number of aromatic nitrogens is 3. The van der Waals surface area contributed by atoms with Crippen LogP contribution in [0.4, 0.5) is 0 Å². The highest BCUT2D eigenvalue weighted by Crippen LogP contribution is 2.09. The quantitative estimate of drug-likeness (QED) is 0.781. The zero-order chi connectivity index (χ0) is 12.8. The van der Waals surface area contributed by atoms with Gasteiger partial charge in [-0.05, 0) is 11.6 Å². The number of benzene rings is 1. The third-order valence-corrected chi connectivity index (χ3v) is 2.46. The van der Waals surface area contributed by atoms with Crippen LogP contribution in [0.25, 0.3) is 0 Å². The minimum atomic E-state index is -0.195. The van der Waals surface area contributed by atoms with Gasteiger partial charge in [0.05, 0.1) is 13.2 Å². The standard InChI is InChI=1S/C12H14N4O2/c17-6-5-14-12(18)11-4-2-1-3-10(11)7-16-9-13-8-15-16/h1-4,8-9,17H,5-7H2,(H,14,18). The summed E-state index contributed by atoms with van der Waals surface area (Å²) in [6.07, 6.45) is 3.05. The molecule has 0 aliphatic heterocycles. The molecule has 0 bridgehead atoms. The summed E-state index contributed by atoms with van der Waals surface area (Å²) in [5, 5.41) is 15.3. The van der Waals surface area contributed by atoms with E-state index in [0.717, 1.165) is 5.56 Å². The zero-order valence-electron chi connectivity index (χ0n) is 9.78. The van der Waals surface area contributed by atoms with E-state index in [0.29, 0.717) is 12.1 Å². The molecule has 2 aromatic rings. The van der Waals surface area contributed by atoms with E-state index in [1.165, 1.54) is 6.33 Å². The average Bonchev–Trinajstić information content (AvgIpc) is 2.89. The molecule has 0 saturated carbocycles. The zero-order valence-corrected chi connectivity index (χ0v) is 9.78. The first-order chi connectivity index (χ1) is 8.81. The lowest BCUT2D eigenvalue weighted by Gasteiger charge is -2.09. The molecule has 2 N–H and O–H groups in total. The number of hydrogen-bond acceptors (Lipinski definition) is 4. The minimum absolute atomic E-state index is 0.0724. The van der Waals surface area contributed by atoms with E-state index in [2.05, 4.69) is 15.4 Å². The highest BCUT2D eigenvalue weighted by molar-refractivity contribution is 5.95. The van der Waals surface area contributed by atoms with Crippen LogP contribution in [-0.4, -0.2) is 38.9 Å². The molecule has 0 fully saturated rings. The second-order valence-electron chi connectivity index (χ2n) is 3.73. The van der Waals surface area contributed by atoms with Crippen LogP contribution in [0.3, 0.4) is 0 Å². The predicted molar refractivity (Wildman–Crippen MR) is 65.0 cm³/mol. The molecular formula is C12H14N4O2. The Bertz CT molecular complexity index is 511. The molecule has 1 aromatic carbocycles. The summed E-state index contributed by atoms with van der Waals surface area (Å²) >= 11 is 0. The summed E-state index contributed by atoms with van der Waals surface area (Å²) in [4.78, 5) is 15.7. The third-order valence-electron chi connectivity index (χ3n) is 2.46. The van der Waals surface area contributed by atoms with E-state index in [4.69, 9.17) is 5.11 Å². The minimum Gasteiger partial charge on any atom is -0.395 e. The molecule has 0 aliphatic rings. The molecule has 2 rings (SSSR count). The van der Waals surface area contributed by atoms with Gasteiger partial charge in [0.2, 0.25) is 0 Å². The number of nitrogens with zero attached hydrogens (tertiary/aromatic N) is 3. The molecule has 6 heteroatoms. The molecule has 0 unspecified atom stereocenters. The maximum absolute atomic E-state index is 11.9. The highest BCUT2D eigenvalue weighted by atomic mass is 16.3. The molecule has 0 atom stereocenters. The first-order valence-corrected chi connectivity index (χ1v) is 5.60. The van der Waals surface area contributed by atoms with Crippen molar-refractivity contribution in [1.82, 2.24) is 20.1 Å². The number of amides is 1. The summed E-state index contributed by atoms with van der Waals surface area (Å²) in [6.45, 7) is 0.663. The van der Waals surface area contributed by atoms with Crippen molar-refractivity contribution in [3.05, 3.63) is 48.0 Å². The Kier molecular flexibility index (Phi) is 4.03.